The maximum Gasteiger partial charge on any atom is 0.0960 e. The van der Waals surface area contributed by atoms with E-state index in [9.17, 15) is 0 Å². The molecule has 1 aromatic heterocycles. The molecule has 0 amide bonds. The number of rotatable bonds is 6. The predicted octanol–water partition coefficient (Wildman–Crippen LogP) is 7.92. The van der Waals surface area contributed by atoms with Gasteiger partial charge < -0.3 is 4.57 Å². The van der Waals surface area contributed by atoms with Crippen LogP contribution in [0.15, 0.2) is 114 Å². The molecule has 4 aromatic carbocycles. The number of benzene rings is 4. The zero-order chi connectivity index (χ0) is 22.5. The number of nitrogens with zero attached hydrogens (tertiary/aromatic N) is 2. The molecule has 0 atom stereocenters. The van der Waals surface area contributed by atoms with Gasteiger partial charge in [-0.05, 0) is 35.8 Å². The van der Waals surface area contributed by atoms with Gasteiger partial charge >= 0.3 is 0 Å². The maximum atomic E-state index is 5.00. The first-order chi connectivity index (χ1) is 16.3. The van der Waals surface area contributed by atoms with Crippen LogP contribution in [0.4, 0.5) is 5.69 Å². The van der Waals surface area contributed by atoms with Crippen LogP contribution in [0, 0.1) is 6.92 Å². The first-order valence-corrected chi connectivity index (χ1v) is 11.3. The van der Waals surface area contributed by atoms with E-state index >= 15 is 0 Å². The van der Waals surface area contributed by atoms with E-state index in [-0.39, 0.29) is 0 Å². The Labute approximate surface area is 195 Å². The lowest BCUT2D eigenvalue weighted by atomic mass is 10.1. The van der Waals surface area contributed by atoms with Gasteiger partial charge in [-0.3, -0.25) is 4.99 Å². The third-order valence-corrected chi connectivity index (χ3v) is 5.82. The lowest BCUT2D eigenvalue weighted by Gasteiger charge is -2.09. The van der Waals surface area contributed by atoms with E-state index in [0.29, 0.717) is 0 Å². The van der Waals surface area contributed by atoms with Crippen LogP contribution in [0.3, 0.4) is 0 Å². The zero-order valence-electron chi connectivity index (χ0n) is 18.7. The van der Waals surface area contributed by atoms with E-state index in [4.69, 9.17) is 4.99 Å². The van der Waals surface area contributed by atoms with Crippen molar-refractivity contribution in [3.63, 3.8) is 0 Å². The number of fused-ring (bicyclic) bond motifs is 1. The van der Waals surface area contributed by atoms with Crippen LogP contribution in [0.25, 0.3) is 23.1 Å². The number of hydrogen-bond donors (Lipinski definition) is 0. The highest BCUT2D eigenvalue weighted by Gasteiger charge is 2.15. The van der Waals surface area contributed by atoms with Gasteiger partial charge in [0, 0.05) is 18.1 Å². The first-order valence-electron chi connectivity index (χ1n) is 11.3. The van der Waals surface area contributed by atoms with Crippen LogP contribution in [-0.4, -0.2) is 10.8 Å². The highest BCUT2D eigenvalue weighted by atomic mass is 15.0. The fourth-order valence-electron chi connectivity index (χ4n) is 4.08. The Hall–Kier alpha value is -4.17. The molecule has 5 aromatic rings. The highest BCUT2D eigenvalue weighted by Crippen LogP contribution is 2.35. The Morgan fingerprint density at radius 3 is 2.09 bits per heavy atom. The smallest absolute Gasteiger partial charge is 0.0960 e. The van der Waals surface area contributed by atoms with Crippen molar-refractivity contribution in [1.82, 2.24) is 4.57 Å². The molecule has 0 unspecified atom stereocenters. The second kappa shape index (κ2) is 9.54. The molecule has 0 spiro atoms. The molecule has 2 heteroatoms. The Balaban J connectivity index is 1.66. The summed E-state index contributed by atoms with van der Waals surface area (Å²) in [7, 11) is 0. The molecule has 0 bridgehead atoms. The van der Waals surface area contributed by atoms with Gasteiger partial charge in [-0.25, -0.2) is 0 Å². The van der Waals surface area contributed by atoms with Gasteiger partial charge in [-0.2, -0.15) is 0 Å². The molecular weight excluding hydrogens is 400 g/mol. The molecule has 0 radical (unpaired) electrons. The van der Waals surface area contributed by atoms with Gasteiger partial charge in [0.2, 0.25) is 0 Å². The monoisotopic (exact) mass is 426 g/mol. The van der Waals surface area contributed by atoms with E-state index < -0.39 is 0 Å². The molecule has 0 N–H and O–H groups in total. The molecule has 0 saturated heterocycles. The van der Waals surface area contributed by atoms with E-state index in [0.717, 1.165) is 28.9 Å². The van der Waals surface area contributed by atoms with Crippen molar-refractivity contribution in [2.45, 2.75) is 13.5 Å². The Bertz CT molecular complexity index is 1410. The summed E-state index contributed by atoms with van der Waals surface area (Å²) in [5.74, 6) is 0. The van der Waals surface area contributed by atoms with Crippen LogP contribution in [0.1, 0.15) is 27.9 Å². The van der Waals surface area contributed by atoms with Gasteiger partial charge in [-0.1, -0.05) is 115 Å². The van der Waals surface area contributed by atoms with E-state index in [1.807, 2.05) is 24.4 Å². The standard InChI is InChI=1S/C31H26N2/c1-24-16-18-25(19-17-24)20-21-30-31(32-22-26-10-4-2-5-11-26)28-14-8-9-15-29(28)33(30)23-27-12-6-3-7-13-27/h2-22H,23H2,1H3/b21-20+,32-22?. The number of aromatic nitrogens is 1. The van der Waals surface area contributed by atoms with Crippen molar-refractivity contribution in [1.29, 1.82) is 0 Å². The molecule has 0 fully saturated rings. The van der Waals surface area contributed by atoms with Crippen molar-refractivity contribution < 1.29 is 0 Å². The van der Waals surface area contributed by atoms with Crippen molar-refractivity contribution in [2.24, 2.45) is 4.99 Å². The average Bonchev–Trinajstić information content (AvgIpc) is 3.16. The second-order valence-corrected chi connectivity index (χ2v) is 8.24. The Morgan fingerprint density at radius 2 is 1.33 bits per heavy atom. The van der Waals surface area contributed by atoms with Crippen molar-refractivity contribution in [3.8, 4) is 0 Å². The summed E-state index contributed by atoms with van der Waals surface area (Å²) >= 11 is 0. The summed E-state index contributed by atoms with van der Waals surface area (Å²) in [4.78, 5) is 5.00. The molecule has 33 heavy (non-hydrogen) atoms. The zero-order valence-corrected chi connectivity index (χ0v) is 18.7. The van der Waals surface area contributed by atoms with Crippen LogP contribution in [0.5, 0.6) is 0 Å². The first kappa shape index (κ1) is 20.7. The molecular formula is C31H26N2. The SMILES string of the molecule is Cc1ccc(/C=C/c2c(N=Cc3ccccc3)c3ccccc3n2Cc2ccccc2)cc1. The number of aryl methyl sites for hydroxylation is 1. The fourth-order valence-corrected chi connectivity index (χ4v) is 4.08. The lowest BCUT2D eigenvalue weighted by Crippen LogP contribution is -2.01. The molecule has 1 heterocycles. The highest BCUT2D eigenvalue weighted by molar-refractivity contribution is 6.00. The molecule has 5 rings (SSSR count). The summed E-state index contributed by atoms with van der Waals surface area (Å²) < 4.78 is 2.37. The van der Waals surface area contributed by atoms with E-state index in [1.165, 1.54) is 22.2 Å². The minimum atomic E-state index is 0.787. The number of para-hydroxylation sites is 1. The Kier molecular flexibility index (Phi) is 5.99. The summed E-state index contributed by atoms with van der Waals surface area (Å²) in [5.41, 5.74) is 8.08. The van der Waals surface area contributed by atoms with Crippen molar-refractivity contribution in [2.75, 3.05) is 0 Å². The second-order valence-electron chi connectivity index (χ2n) is 8.24. The Morgan fingerprint density at radius 1 is 0.667 bits per heavy atom. The van der Waals surface area contributed by atoms with E-state index in [2.05, 4.69) is 115 Å². The summed E-state index contributed by atoms with van der Waals surface area (Å²) in [6.45, 7) is 2.90. The number of aliphatic imine (C=N–C) groups is 1. The van der Waals surface area contributed by atoms with Crippen molar-refractivity contribution in [3.05, 3.63) is 137 Å². The third kappa shape index (κ3) is 4.70. The van der Waals surface area contributed by atoms with Gasteiger partial charge in [0.1, 0.15) is 0 Å². The minimum absolute atomic E-state index is 0.787. The number of hydrogen-bond acceptors (Lipinski definition) is 1. The van der Waals surface area contributed by atoms with Crippen LogP contribution >= 0.6 is 0 Å². The molecule has 160 valence electrons. The van der Waals surface area contributed by atoms with E-state index in [1.54, 1.807) is 0 Å². The fraction of sp³-hybridized carbons (Fsp3) is 0.0645. The van der Waals surface area contributed by atoms with Gasteiger partial charge in [0.15, 0.2) is 0 Å². The summed E-state index contributed by atoms with van der Waals surface area (Å²) in [6, 6.07) is 38.0. The molecule has 2 nitrogen and oxygen atoms in total. The maximum absolute atomic E-state index is 5.00. The quantitative estimate of drug-likeness (QED) is 0.245. The summed E-state index contributed by atoms with van der Waals surface area (Å²) in [6.07, 6.45) is 6.33. The normalized spacial score (nSPS) is 11.7. The molecule has 0 aliphatic rings. The molecule has 0 saturated carbocycles. The lowest BCUT2D eigenvalue weighted by molar-refractivity contribution is 0.828. The average molecular weight is 427 g/mol. The van der Waals surface area contributed by atoms with Gasteiger partial charge in [0.25, 0.3) is 0 Å². The topological polar surface area (TPSA) is 17.3 Å². The largest absolute Gasteiger partial charge is 0.335 e. The van der Waals surface area contributed by atoms with Gasteiger partial charge in [0.05, 0.1) is 16.9 Å². The molecule has 0 aliphatic carbocycles. The molecule has 0 aliphatic heterocycles. The van der Waals surface area contributed by atoms with Crippen molar-refractivity contribution >= 4 is 35.0 Å². The summed E-state index contributed by atoms with van der Waals surface area (Å²) in [5, 5.41) is 1.16. The van der Waals surface area contributed by atoms with Gasteiger partial charge in [-0.15, -0.1) is 0 Å². The third-order valence-electron chi connectivity index (χ3n) is 5.82. The predicted molar refractivity (Wildman–Crippen MR) is 141 cm³/mol. The van der Waals surface area contributed by atoms with Crippen LogP contribution in [-0.2, 0) is 6.54 Å². The van der Waals surface area contributed by atoms with Crippen LogP contribution in [0.2, 0.25) is 0 Å². The van der Waals surface area contributed by atoms with Crippen LogP contribution < -0.4 is 0 Å². The minimum Gasteiger partial charge on any atom is -0.335 e.